The van der Waals surface area contributed by atoms with Crippen LogP contribution < -0.4 is 4.74 Å². The van der Waals surface area contributed by atoms with Crippen LogP contribution in [0.2, 0.25) is 0 Å². The Labute approximate surface area is 179 Å². The zero-order valence-corrected chi connectivity index (χ0v) is 18.0. The van der Waals surface area contributed by atoms with Gasteiger partial charge < -0.3 is 14.9 Å². The molecule has 1 fully saturated rings. The number of thioether (sulfide) groups is 1. The van der Waals surface area contributed by atoms with Crippen molar-refractivity contribution >= 4 is 56.5 Å². The Morgan fingerprint density at radius 3 is 2.79 bits per heavy atom. The maximum atomic E-state index is 12.6. The van der Waals surface area contributed by atoms with E-state index in [1.807, 2.05) is 6.92 Å². The van der Waals surface area contributed by atoms with E-state index in [0.717, 1.165) is 11.8 Å². The molecule has 1 saturated heterocycles. The maximum absolute atomic E-state index is 12.6. The Bertz CT molecular complexity index is 1050. The van der Waals surface area contributed by atoms with Crippen molar-refractivity contribution in [2.24, 2.45) is 4.99 Å². The minimum Gasteiger partial charge on any atom is -0.504 e. The summed E-state index contributed by atoms with van der Waals surface area (Å²) >= 11 is 4.51. The smallest absolute Gasteiger partial charge is 0.335 e. The number of rotatable bonds is 5. The number of hydrogen-bond donors (Lipinski definition) is 2. The average molecular weight is 477 g/mol. The largest absolute Gasteiger partial charge is 0.504 e. The second-order valence-electron chi connectivity index (χ2n) is 6.00. The van der Waals surface area contributed by atoms with E-state index in [9.17, 15) is 14.7 Å². The fourth-order valence-electron chi connectivity index (χ4n) is 2.58. The Kier molecular flexibility index (Phi) is 6.29. The number of amidine groups is 1. The number of benzene rings is 2. The van der Waals surface area contributed by atoms with Gasteiger partial charge in [0.2, 0.25) is 0 Å². The molecule has 150 valence electrons. The van der Waals surface area contributed by atoms with Crippen molar-refractivity contribution in [3.63, 3.8) is 0 Å². The molecule has 0 aliphatic carbocycles. The molecule has 2 aromatic rings. The van der Waals surface area contributed by atoms with Crippen molar-refractivity contribution in [1.82, 2.24) is 4.90 Å². The number of likely N-dealkylation sites (N-methyl/N-ethyl adjacent to an activating group) is 1. The van der Waals surface area contributed by atoms with Crippen LogP contribution in [0.5, 0.6) is 11.5 Å². The van der Waals surface area contributed by atoms with Crippen molar-refractivity contribution in [3.05, 3.63) is 56.9 Å². The van der Waals surface area contributed by atoms with E-state index in [2.05, 4.69) is 20.9 Å². The number of aromatic carboxylic acids is 1. The van der Waals surface area contributed by atoms with Crippen LogP contribution in [0.25, 0.3) is 6.08 Å². The molecule has 1 aliphatic heterocycles. The SMILES string of the molecule is CCOc1cc(Br)cc(C=C2SC(=Nc3cccc(C(=O)O)c3)N(C)C2=O)c1O. The van der Waals surface area contributed by atoms with Crippen LogP contribution in [0.1, 0.15) is 22.8 Å². The van der Waals surface area contributed by atoms with Crippen LogP contribution >= 0.6 is 27.7 Å². The van der Waals surface area contributed by atoms with Gasteiger partial charge in [0.15, 0.2) is 16.7 Å². The number of hydrogen-bond acceptors (Lipinski definition) is 6. The second kappa shape index (κ2) is 8.71. The molecular weight excluding hydrogens is 460 g/mol. The number of phenols is 1. The summed E-state index contributed by atoms with van der Waals surface area (Å²) in [4.78, 5) is 29.9. The molecule has 9 heteroatoms. The summed E-state index contributed by atoms with van der Waals surface area (Å²) in [6, 6.07) is 9.50. The molecule has 2 N–H and O–H groups in total. The lowest BCUT2D eigenvalue weighted by Gasteiger charge is -2.09. The predicted octanol–water partition coefficient (Wildman–Crippen LogP) is 4.49. The summed E-state index contributed by atoms with van der Waals surface area (Å²) in [5.74, 6) is -1.07. The number of nitrogens with zero attached hydrogens (tertiary/aromatic N) is 2. The van der Waals surface area contributed by atoms with Gasteiger partial charge in [-0.05, 0) is 55.1 Å². The number of amides is 1. The molecule has 0 unspecified atom stereocenters. The number of carboxylic acid groups (broad SMARTS) is 1. The highest BCUT2D eigenvalue weighted by molar-refractivity contribution is 9.10. The first-order valence-electron chi connectivity index (χ1n) is 8.55. The van der Waals surface area contributed by atoms with Gasteiger partial charge in [0.1, 0.15) is 0 Å². The standard InChI is InChI=1S/C20H17BrN2O5S/c1-3-28-15-10-13(21)7-12(17(15)24)9-16-18(25)23(2)20(29-16)22-14-6-4-5-11(8-14)19(26)27/h4-10,24H,3H2,1-2H3,(H,26,27). The van der Waals surface area contributed by atoms with Crippen molar-refractivity contribution in [2.45, 2.75) is 6.92 Å². The molecule has 0 radical (unpaired) electrons. The Balaban J connectivity index is 1.95. The fraction of sp³-hybridized carbons (Fsp3) is 0.150. The van der Waals surface area contributed by atoms with Crippen LogP contribution in [0.3, 0.4) is 0 Å². The number of aromatic hydroxyl groups is 1. The van der Waals surface area contributed by atoms with Gasteiger partial charge in [-0.1, -0.05) is 22.0 Å². The number of phenolic OH excluding ortho intramolecular Hbond substituents is 1. The quantitative estimate of drug-likeness (QED) is 0.616. The lowest BCUT2D eigenvalue weighted by Crippen LogP contribution is -2.23. The predicted molar refractivity (Wildman–Crippen MR) is 116 cm³/mol. The van der Waals surface area contributed by atoms with E-state index in [0.29, 0.717) is 38.2 Å². The van der Waals surface area contributed by atoms with Gasteiger partial charge in [-0.3, -0.25) is 9.69 Å². The minimum atomic E-state index is -1.05. The van der Waals surface area contributed by atoms with Gasteiger partial charge >= 0.3 is 5.97 Å². The molecule has 2 aromatic carbocycles. The molecule has 0 bridgehead atoms. The van der Waals surface area contributed by atoms with Crippen molar-refractivity contribution < 1.29 is 24.5 Å². The van der Waals surface area contributed by atoms with Gasteiger partial charge in [-0.2, -0.15) is 0 Å². The van der Waals surface area contributed by atoms with Crippen molar-refractivity contribution in [1.29, 1.82) is 0 Å². The monoisotopic (exact) mass is 476 g/mol. The van der Waals surface area contributed by atoms with Crippen LogP contribution in [-0.4, -0.2) is 45.8 Å². The minimum absolute atomic E-state index is 0.0573. The summed E-state index contributed by atoms with van der Waals surface area (Å²) in [6.45, 7) is 2.20. The van der Waals surface area contributed by atoms with E-state index in [-0.39, 0.29) is 17.2 Å². The first-order chi connectivity index (χ1) is 13.8. The van der Waals surface area contributed by atoms with Gasteiger partial charge in [-0.25, -0.2) is 9.79 Å². The first-order valence-corrected chi connectivity index (χ1v) is 10.2. The highest BCUT2D eigenvalue weighted by Crippen LogP contribution is 2.39. The molecule has 1 aliphatic rings. The molecule has 1 amide bonds. The van der Waals surface area contributed by atoms with Gasteiger partial charge in [0.25, 0.3) is 5.91 Å². The third-order valence-corrected chi connectivity index (χ3v) is 5.50. The van der Waals surface area contributed by atoms with Gasteiger partial charge in [-0.15, -0.1) is 0 Å². The molecule has 0 spiro atoms. The zero-order valence-electron chi connectivity index (χ0n) is 15.5. The highest BCUT2D eigenvalue weighted by atomic mass is 79.9. The summed E-state index contributed by atoms with van der Waals surface area (Å²) < 4.78 is 6.12. The molecule has 3 rings (SSSR count). The number of carbonyl (C=O) groups excluding carboxylic acids is 1. The van der Waals surface area contributed by atoms with Crippen molar-refractivity contribution in [2.75, 3.05) is 13.7 Å². The van der Waals surface area contributed by atoms with Gasteiger partial charge in [0.05, 0.1) is 22.8 Å². The zero-order chi connectivity index (χ0) is 21.1. The number of halogens is 1. The Morgan fingerprint density at radius 2 is 2.10 bits per heavy atom. The average Bonchev–Trinajstić information content (AvgIpc) is 2.93. The third-order valence-electron chi connectivity index (χ3n) is 3.98. The molecule has 29 heavy (non-hydrogen) atoms. The Morgan fingerprint density at radius 1 is 1.34 bits per heavy atom. The fourth-order valence-corrected chi connectivity index (χ4v) is 4.01. The van der Waals surface area contributed by atoms with E-state index in [4.69, 9.17) is 9.84 Å². The van der Waals surface area contributed by atoms with E-state index in [1.54, 1.807) is 37.4 Å². The summed E-state index contributed by atoms with van der Waals surface area (Å²) in [5, 5.41) is 20.0. The number of aliphatic imine (C=N–C) groups is 1. The van der Waals surface area contributed by atoms with Crippen LogP contribution in [0, 0.1) is 0 Å². The van der Waals surface area contributed by atoms with Crippen LogP contribution in [0.4, 0.5) is 5.69 Å². The highest BCUT2D eigenvalue weighted by Gasteiger charge is 2.31. The topological polar surface area (TPSA) is 99.4 Å². The molecule has 0 aromatic heterocycles. The van der Waals surface area contributed by atoms with E-state index in [1.165, 1.54) is 17.0 Å². The van der Waals surface area contributed by atoms with E-state index < -0.39 is 5.97 Å². The lowest BCUT2D eigenvalue weighted by atomic mass is 10.1. The van der Waals surface area contributed by atoms with E-state index >= 15 is 0 Å². The summed E-state index contributed by atoms with van der Waals surface area (Å²) in [5.41, 5.74) is 0.973. The molecule has 1 heterocycles. The third kappa shape index (κ3) is 4.63. The van der Waals surface area contributed by atoms with Crippen LogP contribution in [0.15, 0.2) is 50.8 Å². The number of carbonyl (C=O) groups is 2. The molecule has 0 saturated carbocycles. The molecular formula is C20H17BrN2O5S. The van der Waals surface area contributed by atoms with Crippen molar-refractivity contribution in [3.8, 4) is 11.5 Å². The lowest BCUT2D eigenvalue weighted by molar-refractivity contribution is -0.121. The summed E-state index contributed by atoms with van der Waals surface area (Å²) in [6.07, 6.45) is 1.57. The first kappa shape index (κ1) is 20.9. The second-order valence-corrected chi connectivity index (χ2v) is 7.92. The Hall–Kier alpha value is -2.78. The summed E-state index contributed by atoms with van der Waals surface area (Å²) in [7, 11) is 1.59. The molecule has 7 nitrogen and oxygen atoms in total. The molecule has 0 atom stereocenters. The van der Waals surface area contributed by atoms with Crippen LogP contribution in [-0.2, 0) is 4.79 Å². The maximum Gasteiger partial charge on any atom is 0.335 e. The normalized spacial score (nSPS) is 16.7. The number of ether oxygens (including phenoxy) is 1. The van der Waals surface area contributed by atoms with Gasteiger partial charge in [0, 0.05) is 17.1 Å². The number of carboxylic acids is 1.